The molecule has 164 valence electrons. The number of carbonyl (C=O) groups is 1. The lowest BCUT2D eigenvalue weighted by molar-refractivity contribution is -0.222. The molecule has 2 atom stereocenters. The largest absolute Gasteiger partial charge is 0.481 e. The number of hydrogen-bond donors (Lipinski definition) is 2. The molecular weight excluding hydrogens is 403 g/mol. The number of methoxy groups -OCH3 is 1. The third-order valence-electron chi connectivity index (χ3n) is 4.31. The highest BCUT2D eigenvalue weighted by Gasteiger charge is 2.43. The fourth-order valence-corrected chi connectivity index (χ4v) is 2.99. The number of aliphatic carboxylic acids is 1. The lowest BCUT2D eigenvalue weighted by atomic mass is 9.93. The van der Waals surface area contributed by atoms with Crippen LogP contribution in [-0.2, 0) is 14.3 Å². The number of aromatic nitrogens is 2. The standard InChI is InChI=1S/C20H24F3N3O4/c1-4-30-19(20(21,22)23)16-6-5-13(14(11-29-3)8-18(27)28)7-17(16)26-15-9-24-12(2)25-10-15/h5-7,9-10,14,19,26H,4,8,11H2,1-3H3,(H,27,28)/t14-,19-/m0/s1. The second kappa shape index (κ2) is 10.4. The predicted octanol–water partition coefficient (Wildman–Crippen LogP) is 4.37. The summed E-state index contributed by atoms with van der Waals surface area (Å²) in [5.41, 5.74) is 0.913. The van der Waals surface area contributed by atoms with Gasteiger partial charge in [-0.15, -0.1) is 0 Å². The normalized spacial score (nSPS) is 13.7. The molecule has 0 aliphatic heterocycles. The molecule has 0 spiro atoms. The summed E-state index contributed by atoms with van der Waals surface area (Å²) in [7, 11) is 1.43. The number of rotatable bonds is 10. The molecule has 0 bridgehead atoms. The quantitative estimate of drug-likeness (QED) is 0.581. The highest BCUT2D eigenvalue weighted by atomic mass is 19.4. The molecule has 0 fully saturated rings. The first-order valence-corrected chi connectivity index (χ1v) is 9.24. The Kier molecular flexibility index (Phi) is 8.13. The third kappa shape index (κ3) is 6.39. The van der Waals surface area contributed by atoms with Gasteiger partial charge in [-0.1, -0.05) is 12.1 Å². The van der Waals surface area contributed by atoms with Crippen LogP contribution >= 0.6 is 0 Å². The van der Waals surface area contributed by atoms with E-state index in [1.54, 1.807) is 6.92 Å². The average molecular weight is 427 g/mol. The first kappa shape index (κ1) is 23.6. The van der Waals surface area contributed by atoms with Crippen molar-refractivity contribution in [3.63, 3.8) is 0 Å². The molecule has 0 saturated heterocycles. The highest BCUT2D eigenvalue weighted by Crippen LogP contribution is 2.41. The van der Waals surface area contributed by atoms with Crippen LogP contribution in [0.2, 0.25) is 0 Å². The number of benzene rings is 1. The molecule has 1 heterocycles. The van der Waals surface area contributed by atoms with Crippen molar-refractivity contribution in [3.05, 3.63) is 47.5 Å². The van der Waals surface area contributed by atoms with E-state index < -0.39 is 24.2 Å². The average Bonchev–Trinajstić information content (AvgIpc) is 2.67. The second-order valence-corrected chi connectivity index (χ2v) is 6.62. The maximum atomic E-state index is 13.6. The first-order chi connectivity index (χ1) is 14.2. The molecule has 0 amide bonds. The van der Waals surface area contributed by atoms with Crippen molar-refractivity contribution < 1.29 is 32.5 Å². The first-order valence-electron chi connectivity index (χ1n) is 9.24. The summed E-state index contributed by atoms with van der Waals surface area (Å²) in [6.45, 7) is 3.14. The summed E-state index contributed by atoms with van der Waals surface area (Å²) < 4.78 is 51.0. The summed E-state index contributed by atoms with van der Waals surface area (Å²) in [6.07, 6.45) is -4.11. The molecular formula is C20H24F3N3O4. The van der Waals surface area contributed by atoms with Gasteiger partial charge in [0, 0.05) is 30.9 Å². The van der Waals surface area contributed by atoms with Crippen LogP contribution < -0.4 is 5.32 Å². The van der Waals surface area contributed by atoms with Gasteiger partial charge < -0.3 is 19.9 Å². The van der Waals surface area contributed by atoms with Crippen LogP contribution in [-0.4, -0.2) is 47.5 Å². The van der Waals surface area contributed by atoms with E-state index in [1.807, 2.05) is 0 Å². The van der Waals surface area contributed by atoms with Crippen LogP contribution in [0.1, 0.15) is 42.3 Å². The Morgan fingerprint density at radius 3 is 2.47 bits per heavy atom. The Balaban J connectivity index is 2.54. The van der Waals surface area contributed by atoms with E-state index in [0.717, 1.165) is 0 Å². The van der Waals surface area contributed by atoms with Crippen molar-refractivity contribution in [2.24, 2.45) is 0 Å². The molecule has 2 aromatic rings. The van der Waals surface area contributed by atoms with Crippen LogP contribution in [0.5, 0.6) is 0 Å². The minimum atomic E-state index is -4.63. The number of nitrogens with zero attached hydrogens (tertiary/aromatic N) is 2. The number of hydrogen-bond acceptors (Lipinski definition) is 6. The number of anilines is 2. The number of halogens is 3. The number of alkyl halides is 3. The molecule has 7 nitrogen and oxygen atoms in total. The zero-order valence-corrected chi connectivity index (χ0v) is 16.9. The Bertz CT molecular complexity index is 844. The number of ether oxygens (including phenoxy) is 2. The van der Waals surface area contributed by atoms with E-state index >= 15 is 0 Å². The maximum Gasteiger partial charge on any atom is 0.418 e. The Labute approximate surface area is 172 Å². The van der Waals surface area contributed by atoms with E-state index in [1.165, 1.54) is 44.6 Å². The molecule has 0 radical (unpaired) electrons. The number of nitrogens with one attached hydrogen (secondary N) is 1. The Morgan fingerprint density at radius 1 is 1.27 bits per heavy atom. The van der Waals surface area contributed by atoms with Crippen LogP contribution in [0.25, 0.3) is 0 Å². The zero-order valence-electron chi connectivity index (χ0n) is 16.9. The molecule has 0 aliphatic rings. The minimum absolute atomic E-state index is 0.104. The van der Waals surface area contributed by atoms with Crippen LogP contribution in [0, 0.1) is 6.92 Å². The van der Waals surface area contributed by atoms with Crippen molar-refractivity contribution in [2.75, 3.05) is 25.6 Å². The molecule has 1 aromatic heterocycles. The van der Waals surface area contributed by atoms with Crippen molar-refractivity contribution in [3.8, 4) is 0 Å². The Morgan fingerprint density at radius 2 is 1.93 bits per heavy atom. The third-order valence-corrected chi connectivity index (χ3v) is 4.31. The molecule has 2 N–H and O–H groups in total. The Hall–Kier alpha value is -2.72. The van der Waals surface area contributed by atoms with Gasteiger partial charge in [-0.05, 0) is 25.5 Å². The summed E-state index contributed by atoms with van der Waals surface area (Å²) >= 11 is 0. The molecule has 10 heteroatoms. The minimum Gasteiger partial charge on any atom is -0.481 e. The maximum absolute atomic E-state index is 13.6. The van der Waals surface area contributed by atoms with Gasteiger partial charge in [0.2, 0.25) is 0 Å². The number of carboxylic acids is 1. The lowest BCUT2D eigenvalue weighted by Crippen LogP contribution is -2.24. The molecule has 0 unspecified atom stereocenters. The van der Waals surface area contributed by atoms with Crippen LogP contribution in [0.3, 0.4) is 0 Å². The summed E-state index contributed by atoms with van der Waals surface area (Å²) in [4.78, 5) is 19.3. The van der Waals surface area contributed by atoms with Gasteiger partial charge in [0.15, 0.2) is 6.10 Å². The zero-order chi connectivity index (χ0) is 22.3. The van der Waals surface area contributed by atoms with Crippen LogP contribution in [0.15, 0.2) is 30.6 Å². The van der Waals surface area contributed by atoms with Crippen molar-refractivity contribution >= 4 is 17.3 Å². The highest BCUT2D eigenvalue weighted by molar-refractivity contribution is 5.69. The van der Waals surface area contributed by atoms with Crippen LogP contribution in [0.4, 0.5) is 24.5 Å². The molecule has 1 aromatic carbocycles. The summed E-state index contributed by atoms with van der Waals surface area (Å²) in [6, 6.07) is 4.25. The van der Waals surface area contributed by atoms with Crippen molar-refractivity contribution in [1.82, 2.24) is 9.97 Å². The number of carboxylic acid groups (broad SMARTS) is 1. The summed E-state index contributed by atoms with van der Waals surface area (Å²) in [5.74, 6) is -1.06. The number of aryl methyl sites for hydroxylation is 1. The van der Waals surface area contributed by atoms with Gasteiger partial charge in [0.05, 0.1) is 31.1 Å². The van der Waals surface area contributed by atoms with Gasteiger partial charge >= 0.3 is 12.1 Å². The fraction of sp³-hybridized carbons (Fsp3) is 0.450. The topological polar surface area (TPSA) is 93.6 Å². The van der Waals surface area contributed by atoms with Gasteiger partial charge in [-0.3, -0.25) is 4.79 Å². The molecule has 0 saturated carbocycles. The fourth-order valence-electron chi connectivity index (χ4n) is 2.99. The van der Waals surface area contributed by atoms with E-state index in [2.05, 4.69) is 15.3 Å². The molecule has 0 aliphatic carbocycles. The monoisotopic (exact) mass is 427 g/mol. The van der Waals surface area contributed by atoms with Crippen molar-refractivity contribution in [2.45, 2.75) is 38.5 Å². The van der Waals surface area contributed by atoms with E-state index in [0.29, 0.717) is 17.1 Å². The predicted molar refractivity (Wildman–Crippen MR) is 104 cm³/mol. The summed E-state index contributed by atoms with van der Waals surface area (Å²) in [5, 5.41) is 12.1. The van der Waals surface area contributed by atoms with Gasteiger partial charge in [0.1, 0.15) is 5.82 Å². The smallest absolute Gasteiger partial charge is 0.418 e. The van der Waals surface area contributed by atoms with Gasteiger partial charge in [-0.25, -0.2) is 9.97 Å². The van der Waals surface area contributed by atoms with E-state index in [-0.39, 0.29) is 30.9 Å². The van der Waals surface area contributed by atoms with E-state index in [4.69, 9.17) is 14.6 Å². The second-order valence-electron chi connectivity index (χ2n) is 6.62. The SMILES string of the molecule is CCO[C@@H](c1ccc([C@H](COC)CC(=O)O)cc1Nc1cnc(C)nc1)C(F)(F)F. The van der Waals surface area contributed by atoms with Gasteiger partial charge in [0.25, 0.3) is 0 Å². The van der Waals surface area contributed by atoms with Gasteiger partial charge in [-0.2, -0.15) is 13.2 Å². The van der Waals surface area contributed by atoms with E-state index in [9.17, 15) is 18.0 Å². The van der Waals surface area contributed by atoms with Crippen molar-refractivity contribution in [1.29, 1.82) is 0 Å². The lowest BCUT2D eigenvalue weighted by Gasteiger charge is -2.25. The molecule has 30 heavy (non-hydrogen) atoms. The molecule has 2 rings (SSSR count).